The number of benzene rings is 2. The first kappa shape index (κ1) is 15.6. The highest BCUT2D eigenvalue weighted by molar-refractivity contribution is 14.1. The van der Waals surface area contributed by atoms with Gasteiger partial charge in [0.15, 0.2) is 0 Å². The Hall–Kier alpha value is -1.77. The molecule has 0 aliphatic heterocycles. The Balaban J connectivity index is 2.26. The number of hydrogen-bond donors (Lipinski definition) is 2. The lowest BCUT2D eigenvalue weighted by atomic mass is 10.1. The summed E-state index contributed by atoms with van der Waals surface area (Å²) in [6.07, 6.45) is -4.48. The molecule has 0 unspecified atom stereocenters. The maximum atomic E-state index is 12.6. The van der Waals surface area contributed by atoms with E-state index in [0.29, 0.717) is 0 Å². The van der Waals surface area contributed by atoms with Crippen LogP contribution < -0.4 is 5.32 Å². The molecule has 0 atom stereocenters. The van der Waals surface area contributed by atoms with Crippen LogP contribution in [0.15, 0.2) is 42.5 Å². The maximum absolute atomic E-state index is 12.6. The minimum atomic E-state index is -4.48. The predicted molar refractivity (Wildman–Crippen MR) is 80.2 cm³/mol. The van der Waals surface area contributed by atoms with Gasteiger partial charge in [-0.2, -0.15) is 13.2 Å². The van der Waals surface area contributed by atoms with Gasteiger partial charge < -0.3 is 10.4 Å². The smallest absolute Gasteiger partial charge is 0.416 e. The summed E-state index contributed by atoms with van der Waals surface area (Å²) in [6.45, 7) is 0. The molecule has 7 heteroatoms. The van der Waals surface area contributed by atoms with E-state index in [2.05, 4.69) is 5.32 Å². The summed E-state index contributed by atoms with van der Waals surface area (Å²) in [5.41, 5.74) is -0.848. The maximum Gasteiger partial charge on any atom is 0.416 e. The molecule has 2 rings (SSSR count). The quantitative estimate of drug-likeness (QED) is 0.731. The Morgan fingerprint density at radius 3 is 2.52 bits per heavy atom. The van der Waals surface area contributed by atoms with Gasteiger partial charge in [0, 0.05) is 9.26 Å². The Morgan fingerprint density at radius 2 is 1.86 bits per heavy atom. The van der Waals surface area contributed by atoms with Crippen molar-refractivity contribution in [3.63, 3.8) is 0 Å². The average molecular weight is 407 g/mol. The second kappa shape index (κ2) is 5.92. The number of rotatable bonds is 2. The van der Waals surface area contributed by atoms with Crippen molar-refractivity contribution in [1.82, 2.24) is 0 Å². The van der Waals surface area contributed by atoms with Gasteiger partial charge in [0.2, 0.25) is 0 Å². The molecule has 0 aliphatic rings. The van der Waals surface area contributed by atoms with E-state index in [4.69, 9.17) is 0 Å². The monoisotopic (exact) mass is 407 g/mol. The SMILES string of the molecule is O=C(Nc1cccc(C(F)(F)F)c1)c1cc(I)ccc1O. The summed E-state index contributed by atoms with van der Waals surface area (Å²) < 4.78 is 38.5. The predicted octanol–water partition coefficient (Wildman–Crippen LogP) is 4.27. The van der Waals surface area contributed by atoms with Crippen LogP contribution in [0.3, 0.4) is 0 Å². The molecule has 0 heterocycles. The molecule has 0 fully saturated rings. The van der Waals surface area contributed by atoms with E-state index in [1.54, 1.807) is 6.07 Å². The number of hydrogen-bond acceptors (Lipinski definition) is 2. The zero-order chi connectivity index (χ0) is 15.6. The number of aromatic hydroxyl groups is 1. The Morgan fingerprint density at radius 1 is 1.14 bits per heavy atom. The van der Waals surface area contributed by atoms with Crippen molar-refractivity contribution in [3.05, 3.63) is 57.2 Å². The van der Waals surface area contributed by atoms with E-state index in [9.17, 15) is 23.1 Å². The van der Waals surface area contributed by atoms with Crippen molar-refractivity contribution in [2.24, 2.45) is 0 Å². The Labute approximate surface area is 131 Å². The van der Waals surface area contributed by atoms with Gasteiger partial charge in [-0.05, 0) is 59.0 Å². The van der Waals surface area contributed by atoms with Gasteiger partial charge in [-0.15, -0.1) is 0 Å². The van der Waals surface area contributed by atoms with Crippen LogP contribution in [0.25, 0.3) is 0 Å². The molecule has 110 valence electrons. The molecule has 0 radical (unpaired) electrons. The lowest BCUT2D eigenvalue weighted by Gasteiger charge is -2.10. The average Bonchev–Trinajstić information content (AvgIpc) is 2.41. The number of carbonyl (C=O) groups is 1. The second-order valence-electron chi connectivity index (χ2n) is 4.19. The first-order valence-corrected chi connectivity index (χ1v) is 6.82. The third kappa shape index (κ3) is 3.87. The van der Waals surface area contributed by atoms with Crippen LogP contribution in [0.4, 0.5) is 18.9 Å². The van der Waals surface area contributed by atoms with Crippen LogP contribution in [0.1, 0.15) is 15.9 Å². The molecule has 2 aromatic rings. The zero-order valence-corrected chi connectivity index (χ0v) is 12.6. The highest BCUT2D eigenvalue weighted by Gasteiger charge is 2.30. The van der Waals surface area contributed by atoms with Crippen molar-refractivity contribution in [1.29, 1.82) is 0 Å². The topological polar surface area (TPSA) is 49.3 Å². The van der Waals surface area contributed by atoms with E-state index in [1.165, 1.54) is 24.3 Å². The largest absolute Gasteiger partial charge is 0.507 e. The van der Waals surface area contributed by atoms with Gasteiger partial charge in [0.05, 0.1) is 11.1 Å². The van der Waals surface area contributed by atoms with Gasteiger partial charge >= 0.3 is 6.18 Å². The fourth-order valence-electron chi connectivity index (χ4n) is 1.66. The zero-order valence-electron chi connectivity index (χ0n) is 10.4. The molecule has 0 aliphatic carbocycles. The molecule has 0 bridgehead atoms. The van der Waals surface area contributed by atoms with Gasteiger partial charge in [-0.3, -0.25) is 4.79 Å². The highest BCUT2D eigenvalue weighted by Crippen LogP contribution is 2.31. The van der Waals surface area contributed by atoms with Crippen molar-refractivity contribution in [3.8, 4) is 5.75 Å². The number of amides is 1. The van der Waals surface area contributed by atoms with Crippen molar-refractivity contribution < 1.29 is 23.1 Å². The molecular formula is C14H9F3INO2. The molecule has 3 nitrogen and oxygen atoms in total. The summed E-state index contributed by atoms with van der Waals surface area (Å²) in [7, 11) is 0. The first-order chi connectivity index (χ1) is 9.77. The van der Waals surface area contributed by atoms with Crippen LogP contribution in [-0.2, 0) is 6.18 Å². The number of phenols is 1. The van der Waals surface area contributed by atoms with E-state index >= 15 is 0 Å². The van der Waals surface area contributed by atoms with Crippen LogP contribution in [0.5, 0.6) is 5.75 Å². The van der Waals surface area contributed by atoms with Crippen LogP contribution >= 0.6 is 22.6 Å². The van der Waals surface area contributed by atoms with E-state index in [-0.39, 0.29) is 17.0 Å². The van der Waals surface area contributed by atoms with Gasteiger partial charge in [-0.25, -0.2) is 0 Å². The fourth-order valence-corrected chi connectivity index (χ4v) is 2.15. The summed E-state index contributed by atoms with van der Waals surface area (Å²) in [6, 6.07) is 8.70. The number of carbonyl (C=O) groups excluding carboxylic acids is 1. The Kier molecular flexibility index (Phi) is 4.40. The normalized spacial score (nSPS) is 11.2. The molecule has 1 amide bonds. The minimum Gasteiger partial charge on any atom is -0.507 e. The van der Waals surface area contributed by atoms with Gasteiger partial charge in [0.1, 0.15) is 5.75 Å². The molecule has 0 spiro atoms. The summed E-state index contributed by atoms with van der Waals surface area (Å²) in [4.78, 5) is 12.0. The molecular weight excluding hydrogens is 398 g/mol. The molecule has 2 aromatic carbocycles. The van der Waals surface area contributed by atoms with Gasteiger partial charge in [0.25, 0.3) is 5.91 Å². The molecule has 0 saturated heterocycles. The van der Waals surface area contributed by atoms with Crippen molar-refractivity contribution >= 4 is 34.2 Å². The van der Waals surface area contributed by atoms with E-state index in [0.717, 1.165) is 15.7 Å². The number of anilines is 1. The van der Waals surface area contributed by atoms with Crippen LogP contribution in [0.2, 0.25) is 0 Å². The molecule has 0 aromatic heterocycles. The van der Waals surface area contributed by atoms with E-state index < -0.39 is 17.6 Å². The Bertz CT molecular complexity index is 686. The number of alkyl halides is 3. The van der Waals surface area contributed by atoms with Gasteiger partial charge in [-0.1, -0.05) is 6.07 Å². The van der Waals surface area contributed by atoms with Crippen molar-refractivity contribution in [2.45, 2.75) is 6.18 Å². The summed E-state index contributed by atoms with van der Waals surface area (Å²) in [5.74, 6) is -0.912. The molecule has 2 N–H and O–H groups in total. The summed E-state index contributed by atoms with van der Waals surface area (Å²) in [5, 5.41) is 12.0. The lowest BCUT2D eigenvalue weighted by molar-refractivity contribution is -0.137. The summed E-state index contributed by atoms with van der Waals surface area (Å²) >= 11 is 1.96. The lowest BCUT2D eigenvalue weighted by Crippen LogP contribution is -2.13. The third-order valence-electron chi connectivity index (χ3n) is 2.65. The standard InChI is InChI=1S/C14H9F3INO2/c15-14(16,17)8-2-1-3-10(6-8)19-13(21)11-7-9(18)4-5-12(11)20/h1-7,20H,(H,19,21). The second-order valence-corrected chi connectivity index (χ2v) is 5.44. The van der Waals surface area contributed by atoms with Crippen molar-refractivity contribution in [2.75, 3.05) is 5.32 Å². The fraction of sp³-hybridized carbons (Fsp3) is 0.0714. The number of phenolic OH excluding ortho intramolecular Hbond substituents is 1. The number of halogens is 4. The van der Waals surface area contributed by atoms with E-state index in [1.807, 2.05) is 22.6 Å². The third-order valence-corrected chi connectivity index (χ3v) is 3.32. The first-order valence-electron chi connectivity index (χ1n) is 5.74. The van der Waals surface area contributed by atoms with Crippen LogP contribution in [-0.4, -0.2) is 11.0 Å². The molecule has 0 saturated carbocycles. The molecule has 21 heavy (non-hydrogen) atoms. The minimum absolute atomic E-state index is 0.000637. The highest BCUT2D eigenvalue weighted by atomic mass is 127. The number of nitrogens with one attached hydrogen (secondary N) is 1. The van der Waals surface area contributed by atoms with Crippen LogP contribution in [0, 0.1) is 3.57 Å².